The summed E-state index contributed by atoms with van der Waals surface area (Å²) >= 11 is 1.48. The first-order valence-corrected chi connectivity index (χ1v) is 9.95. The minimum Gasteiger partial charge on any atom is -0.497 e. The van der Waals surface area contributed by atoms with E-state index >= 15 is 0 Å². The van der Waals surface area contributed by atoms with Gasteiger partial charge in [0.2, 0.25) is 0 Å². The predicted molar refractivity (Wildman–Crippen MR) is 111 cm³/mol. The summed E-state index contributed by atoms with van der Waals surface area (Å²) in [6.07, 6.45) is -1.15. The average molecular weight is 403 g/mol. The number of thioether (sulfide) groups is 1. The average Bonchev–Trinajstić information content (AvgIpc) is 2.81. The number of ether oxygens (including phenoxy) is 2. The number of carbonyl (C=O) groups excluding carboxylic acids is 1. The number of likely N-dealkylation sites (N-methyl/N-ethyl adjacent to an activating group) is 1. The largest absolute Gasteiger partial charge is 0.497 e. The molecule has 1 N–H and O–H groups in total. The van der Waals surface area contributed by atoms with Crippen molar-refractivity contribution in [2.75, 3.05) is 46.3 Å². The Bertz CT molecular complexity index is 826. The third-order valence-electron chi connectivity index (χ3n) is 4.73. The van der Waals surface area contributed by atoms with Crippen LogP contribution in [0.1, 0.15) is 10.8 Å². The number of amides is 1. The lowest BCUT2D eigenvalue weighted by Gasteiger charge is -2.26. The van der Waals surface area contributed by atoms with Gasteiger partial charge in [-0.15, -0.1) is 11.8 Å². The van der Waals surface area contributed by atoms with Crippen LogP contribution in [0.3, 0.4) is 0 Å². The lowest BCUT2D eigenvalue weighted by atomic mass is 10.1. The lowest BCUT2D eigenvalue weighted by molar-refractivity contribution is -0.126. The summed E-state index contributed by atoms with van der Waals surface area (Å²) in [5.74, 6) is 1.16. The Labute approximate surface area is 170 Å². The summed E-state index contributed by atoms with van der Waals surface area (Å²) in [6.45, 7) is 1.19. The van der Waals surface area contributed by atoms with Gasteiger partial charge in [0, 0.05) is 18.0 Å². The Balaban J connectivity index is 2.02. The van der Waals surface area contributed by atoms with Crippen molar-refractivity contribution in [2.24, 2.45) is 0 Å². The molecule has 0 saturated heterocycles. The van der Waals surface area contributed by atoms with Gasteiger partial charge in [0.05, 0.1) is 25.2 Å². The second kappa shape index (κ2) is 8.86. The molecule has 3 rings (SSSR count). The van der Waals surface area contributed by atoms with Crippen molar-refractivity contribution in [3.8, 4) is 11.5 Å². The molecule has 0 radical (unpaired) electrons. The highest BCUT2D eigenvalue weighted by molar-refractivity contribution is 7.99. The topological polar surface area (TPSA) is 62.2 Å². The highest BCUT2D eigenvalue weighted by Gasteiger charge is 2.37. The predicted octanol–water partition coefficient (Wildman–Crippen LogP) is 2.81. The second-order valence-electron chi connectivity index (χ2n) is 6.88. The third kappa shape index (κ3) is 4.27. The number of benzene rings is 2. The first kappa shape index (κ1) is 20.5. The van der Waals surface area contributed by atoms with Crippen LogP contribution >= 0.6 is 11.8 Å². The van der Waals surface area contributed by atoms with E-state index in [4.69, 9.17) is 9.47 Å². The Hall–Kier alpha value is -2.22. The summed E-state index contributed by atoms with van der Waals surface area (Å²) in [5.41, 5.74) is 1.67. The van der Waals surface area contributed by atoms with E-state index in [-0.39, 0.29) is 5.91 Å². The van der Waals surface area contributed by atoms with Gasteiger partial charge in [0.15, 0.2) is 0 Å². The van der Waals surface area contributed by atoms with Gasteiger partial charge in [0.1, 0.15) is 17.6 Å². The number of aliphatic hydroxyl groups is 1. The van der Waals surface area contributed by atoms with Gasteiger partial charge in [0.25, 0.3) is 5.91 Å². The lowest BCUT2D eigenvalue weighted by Crippen LogP contribution is -2.43. The van der Waals surface area contributed by atoms with Crippen LogP contribution in [0.5, 0.6) is 11.5 Å². The molecule has 0 spiro atoms. The van der Waals surface area contributed by atoms with Gasteiger partial charge in [-0.2, -0.15) is 0 Å². The number of aliphatic hydroxyl groups excluding tert-OH is 1. The second-order valence-corrected chi connectivity index (χ2v) is 8.07. The molecule has 0 bridgehead atoms. The van der Waals surface area contributed by atoms with Crippen LogP contribution in [0, 0.1) is 0 Å². The summed E-state index contributed by atoms with van der Waals surface area (Å²) in [7, 11) is 7.15. The first-order chi connectivity index (χ1) is 13.4. The van der Waals surface area contributed by atoms with E-state index < -0.39 is 11.4 Å². The number of nitrogens with zero attached hydrogens (tertiary/aromatic N) is 2. The summed E-state index contributed by atoms with van der Waals surface area (Å²) in [4.78, 5) is 17.8. The number of rotatable bonds is 6. The van der Waals surface area contributed by atoms with E-state index in [2.05, 4.69) is 0 Å². The number of anilines is 1. The molecule has 2 atom stereocenters. The zero-order valence-corrected chi connectivity index (χ0v) is 17.4. The summed E-state index contributed by atoms with van der Waals surface area (Å²) < 4.78 is 10.6. The van der Waals surface area contributed by atoms with Gasteiger partial charge in [-0.3, -0.25) is 4.79 Å². The van der Waals surface area contributed by atoms with Crippen LogP contribution in [-0.4, -0.2) is 63.4 Å². The van der Waals surface area contributed by atoms with E-state index in [0.29, 0.717) is 13.1 Å². The van der Waals surface area contributed by atoms with Gasteiger partial charge >= 0.3 is 0 Å². The Kier molecular flexibility index (Phi) is 6.49. The molecule has 0 aromatic heterocycles. The molecule has 0 saturated carbocycles. The number of methoxy groups -OCH3 is 2. The first-order valence-electron chi connectivity index (χ1n) is 9.07. The molecular formula is C21H26N2O4S. The fourth-order valence-electron chi connectivity index (χ4n) is 3.12. The monoisotopic (exact) mass is 402 g/mol. The molecule has 7 heteroatoms. The van der Waals surface area contributed by atoms with Crippen molar-refractivity contribution >= 4 is 23.4 Å². The SMILES string of the molecule is COc1ccc([C@H]2Sc3cc(OC)ccc3N(CCN(C)C)C(=O)[C@@H]2O)cc1. The maximum Gasteiger partial charge on any atom is 0.257 e. The number of hydrogen-bond donors (Lipinski definition) is 1. The Morgan fingerprint density at radius 1 is 1.07 bits per heavy atom. The quantitative estimate of drug-likeness (QED) is 0.802. The fourth-order valence-corrected chi connectivity index (χ4v) is 4.42. The smallest absolute Gasteiger partial charge is 0.257 e. The van der Waals surface area contributed by atoms with Crippen molar-refractivity contribution in [1.29, 1.82) is 0 Å². The summed E-state index contributed by atoms with van der Waals surface area (Å²) in [6, 6.07) is 13.1. The minimum absolute atomic E-state index is 0.293. The molecule has 0 fully saturated rings. The van der Waals surface area contributed by atoms with Crippen molar-refractivity contribution in [2.45, 2.75) is 16.2 Å². The Morgan fingerprint density at radius 2 is 1.71 bits per heavy atom. The maximum atomic E-state index is 13.2. The van der Waals surface area contributed by atoms with Gasteiger partial charge in [-0.05, 0) is 50.0 Å². The molecule has 28 heavy (non-hydrogen) atoms. The Morgan fingerprint density at radius 3 is 2.32 bits per heavy atom. The van der Waals surface area contributed by atoms with Crippen LogP contribution in [0.4, 0.5) is 5.69 Å². The normalized spacial score (nSPS) is 19.4. The van der Waals surface area contributed by atoms with Gasteiger partial charge in [-0.1, -0.05) is 12.1 Å². The van der Waals surface area contributed by atoms with Crippen molar-refractivity contribution in [1.82, 2.24) is 4.90 Å². The zero-order valence-electron chi connectivity index (χ0n) is 16.6. The van der Waals surface area contributed by atoms with Crippen LogP contribution in [0.15, 0.2) is 47.4 Å². The molecule has 0 unspecified atom stereocenters. The molecular weight excluding hydrogens is 376 g/mol. The van der Waals surface area contributed by atoms with E-state index in [1.165, 1.54) is 11.8 Å². The van der Waals surface area contributed by atoms with E-state index in [9.17, 15) is 9.90 Å². The van der Waals surface area contributed by atoms with Crippen LogP contribution in [0.25, 0.3) is 0 Å². The van der Waals surface area contributed by atoms with E-state index in [1.807, 2.05) is 61.5 Å². The van der Waals surface area contributed by atoms with E-state index in [0.717, 1.165) is 27.6 Å². The molecule has 2 aromatic rings. The molecule has 1 aliphatic rings. The van der Waals surface area contributed by atoms with Crippen LogP contribution in [-0.2, 0) is 4.79 Å². The number of fused-ring (bicyclic) bond motifs is 1. The van der Waals surface area contributed by atoms with Gasteiger partial charge in [-0.25, -0.2) is 0 Å². The number of hydrogen-bond acceptors (Lipinski definition) is 6. The molecule has 1 amide bonds. The molecule has 2 aromatic carbocycles. The highest BCUT2D eigenvalue weighted by atomic mass is 32.2. The van der Waals surface area contributed by atoms with Crippen molar-refractivity contribution in [3.63, 3.8) is 0 Å². The highest BCUT2D eigenvalue weighted by Crippen LogP contribution is 2.47. The van der Waals surface area contributed by atoms with Crippen molar-refractivity contribution in [3.05, 3.63) is 48.0 Å². The maximum absolute atomic E-state index is 13.2. The molecule has 0 aliphatic carbocycles. The third-order valence-corrected chi connectivity index (χ3v) is 6.10. The molecule has 1 aliphatic heterocycles. The van der Waals surface area contributed by atoms with Gasteiger partial charge < -0.3 is 24.4 Å². The van der Waals surface area contributed by atoms with Crippen LogP contribution in [0.2, 0.25) is 0 Å². The van der Waals surface area contributed by atoms with Crippen molar-refractivity contribution < 1.29 is 19.4 Å². The fraction of sp³-hybridized carbons (Fsp3) is 0.381. The van der Waals surface area contributed by atoms with Crippen LogP contribution < -0.4 is 14.4 Å². The minimum atomic E-state index is -1.15. The summed E-state index contributed by atoms with van der Waals surface area (Å²) in [5, 5.41) is 10.5. The molecule has 1 heterocycles. The zero-order chi connectivity index (χ0) is 20.3. The standard InChI is InChI=1S/C21H26N2O4S/c1-22(2)11-12-23-17-10-9-16(27-4)13-18(17)28-20(19(24)21(23)25)14-5-7-15(26-3)8-6-14/h5-10,13,19-20,24H,11-12H2,1-4H3/t19-,20-/m1/s1. The molecule has 6 nitrogen and oxygen atoms in total. The molecule has 150 valence electrons. The number of carbonyl (C=O) groups is 1. The van der Waals surface area contributed by atoms with E-state index in [1.54, 1.807) is 19.1 Å².